The number of carbonyl (C=O) groups is 1. The number of carbonyl (C=O) groups excluding carboxylic acids is 1. The Morgan fingerprint density at radius 3 is 2.73 bits per heavy atom. The second-order valence-corrected chi connectivity index (χ2v) is 6.18. The van der Waals surface area contributed by atoms with E-state index in [4.69, 9.17) is 11.5 Å². The van der Waals surface area contributed by atoms with Crippen molar-refractivity contribution in [2.24, 2.45) is 11.5 Å². The second-order valence-electron chi connectivity index (χ2n) is 6.18. The van der Waals surface area contributed by atoms with Crippen molar-refractivity contribution in [3.05, 3.63) is 35.5 Å². The van der Waals surface area contributed by atoms with Crippen LogP contribution in [0.3, 0.4) is 0 Å². The average Bonchev–Trinajstić information content (AvgIpc) is 2.64. The number of amides is 1. The van der Waals surface area contributed by atoms with Crippen molar-refractivity contribution in [1.29, 1.82) is 5.26 Å². The Morgan fingerprint density at radius 1 is 1.23 bits per heavy atom. The van der Waals surface area contributed by atoms with Crippen molar-refractivity contribution in [1.82, 2.24) is 15.2 Å². The molecule has 134 valence electrons. The van der Waals surface area contributed by atoms with Crippen LogP contribution >= 0.6 is 0 Å². The zero-order valence-electron chi connectivity index (χ0n) is 14.1. The Hall–Kier alpha value is -3.25. The highest BCUT2D eigenvalue weighted by atomic mass is 16.1. The molecule has 1 saturated carbocycles. The van der Waals surface area contributed by atoms with Gasteiger partial charge in [-0.2, -0.15) is 10.2 Å². The fraction of sp³-hybridized carbons (Fsp3) is 0.353. The normalized spacial score (nSPS) is 19.4. The van der Waals surface area contributed by atoms with Gasteiger partial charge in [0.05, 0.1) is 11.3 Å². The zero-order valence-corrected chi connectivity index (χ0v) is 14.1. The summed E-state index contributed by atoms with van der Waals surface area (Å²) in [5.74, 6) is -0.362. The molecule has 1 aromatic carbocycles. The Kier molecular flexibility index (Phi) is 5.24. The highest BCUT2D eigenvalue weighted by Crippen LogP contribution is 2.23. The Bertz CT molecular complexity index is 847. The standard InChI is InChI=1S/C17H20N8O/c18-9-10-5-1-3-7-12(10)21-16-14(15(20)26)24-25-17(23-16)22-13-8-4-2-6-11(13)19/h1,3,5,7,11,13H,2,4,6,8,19H2,(H2,20,26)(H2,21,22,23,25)/t11-,13+/m0/s1. The van der Waals surface area contributed by atoms with Crippen LogP contribution < -0.4 is 22.1 Å². The number of aromatic nitrogens is 3. The molecule has 3 rings (SSSR count). The number of primary amides is 1. The molecule has 6 N–H and O–H groups in total. The Labute approximate surface area is 150 Å². The Morgan fingerprint density at radius 2 is 2.00 bits per heavy atom. The molecule has 1 amide bonds. The molecule has 1 fully saturated rings. The van der Waals surface area contributed by atoms with Gasteiger partial charge in [0.1, 0.15) is 6.07 Å². The van der Waals surface area contributed by atoms with Gasteiger partial charge in [0.15, 0.2) is 11.5 Å². The predicted molar refractivity (Wildman–Crippen MR) is 96.6 cm³/mol. The molecule has 0 aliphatic heterocycles. The summed E-state index contributed by atoms with van der Waals surface area (Å²) in [6, 6.07) is 9.00. The molecule has 26 heavy (non-hydrogen) atoms. The van der Waals surface area contributed by atoms with Gasteiger partial charge in [-0.05, 0) is 25.0 Å². The molecule has 0 spiro atoms. The smallest absolute Gasteiger partial charge is 0.273 e. The largest absolute Gasteiger partial charge is 0.364 e. The summed E-state index contributed by atoms with van der Waals surface area (Å²) in [5.41, 5.74) is 12.3. The maximum absolute atomic E-state index is 11.7. The first kappa shape index (κ1) is 17.6. The topological polar surface area (TPSA) is 156 Å². The predicted octanol–water partition coefficient (Wildman–Crippen LogP) is 1.27. The summed E-state index contributed by atoms with van der Waals surface area (Å²) < 4.78 is 0. The van der Waals surface area contributed by atoms with Crippen LogP contribution in [0, 0.1) is 11.3 Å². The molecule has 0 bridgehead atoms. The summed E-state index contributed by atoms with van der Waals surface area (Å²) in [5, 5.41) is 23.2. The number of hydrogen-bond donors (Lipinski definition) is 4. The summed E-state index contributed by atoms with van der Waals surface area (Å²) in [6.07, 6.45) is 4.04. The van der Waals surface area contributed by atoms with Gasteiger partial charge < -0.3 is 22.1 Å². The van der Waals surface area contributed by atoms with Crippen molar-refractivity contribution < 1.29 is 4.79 Å². The lowest BCUT2D eigenvalue weighted by atomic mass is 9.91. The third kappa shape index (κ3) is 3.87. The number of nitriles is 1. The van der Waals surface area contributed by atoms with Crippen LogP contribution in [0.4, 0.5) is 17.5 Å². The molecule has 9 heteroatoms. The summed E-state index contributed by atoms with van der Waals surface area (Å²) >= 11 is 0. The van der Waals surface area contributed by atoms with Crippen LogP contribution in [0.15, 0.2) is 24.3 Å². The fourth-order valence-electron chi connectivity index (χ4n) is 2.96. The third-order valence-electron chi connectivity index (χ3n) is 4.35. The number of hydrogen-bond acceptors (Lipinski definition) is 8. The van der Waals surface area contributed by atoms with Crippen molar-refractivity contribution in [3.8, 4) is 6.07 Å². The number of nitrogens with zero attached hydrogens (tertiary/aromatic N) is 4. The highest BCUT2D eigenvalue weighted by molar-refractivity contribution is 5.96. The van der Waals surface area contributed by atoms with Crippen molar-refractivity contribution in [3.63, 3.8) is 0 Å². The minimum absolute atomic E-state index is 0.0129. The molecule has 1 aliphatic rings. The zero-order chi connectivity index (χ0) is 18.5. The lowest BCUT2D eigenvalue weighted by molar-refractivity contribution is 0.0995. The third-order valence-corrected chi connectivity index (χ3v) is 4.35. The van der Waals surface area contributed by atoms with E-state index in [-0.39, 0.29) is 29.5 Å². The van der Waals surface area contributed by atoms with Crippen LogP contribution in [-0.4, -0.2) is 33.2 Å². The van der Waals surface area contributed by atoms with Gasteiger partial charge >= 0.3 is 0 Å². The molecular weight excluding hydrogens is 332 g/mol. The van der Waals surface area contributed by atoms with Gasteiger partial charge in [0.2, 0.25) is 5.95 Å². The van der Waals surface area contributed by atoms with Crippen LogP contribution in [0.1, 0.15) is 41.7 Å². The van der Waals surface area contributed by atoms with Gasteiger partial charge in [-0.3, -0.25) is 4.79 Å². The van der Waals surface area contributed by atoms with E-state index in [1.807, 2.05) is 0 Å². The van der Waals surface area contributed by atoms with E-state index in [2.05, 4.69) is 31.9 Å². The lowest BCUT2D eigenvalue weighted by Gasteiger charge is -2.29. The summed E-state index contributed by atoms with van der Waals surface area (Å²) in [7, 11) is 0. The first-order valence-corrected chi connectivity index (χ1v) is 8.41. The highest BCUT2D eigenvalue weighted by Gasteiger charge is 2.23. The number of nitrogens with two attached hydrogens (primary N) is 2. The molecule has 0 radical (unpaired) electrons. The summed E-state index contributed by atoms with van der Waals surface area (Å²) in [6.45, 7) is 0. The van der Waals surface area contributed by atoms with E-state index in [0.29, 0.717) is 11.3 Å². The number of benzene rings is 1. The van der Waals surface area contributed by atoms with E-state index < -0.39 is 5.91 Å². The number of rotatable bonds is 5. The minimum Gasteiger partial charge on any atom is -0.364 e. The fourth-order valence-corrected chi connectivity index (χ4v) is 2.96. The number of anilines is 3. The van der Waals surface area contributed by atoms with Crippen LogP contribution in [-0.2, 0) is 0 Å². The molecular formula is C17H20N8O. The number of para-hydroxylation sites is 1. The second kappa shape index (κ2) is 7.76. The molecule has 2 atom stereocenters. The van der Waals surface area contributed by atoms with Gasteiger partial charge in [-0.1, -0.05) is 25.0 Å². The van der Waals surface area contributed by atoms with Crippen molar-refractivity contribution >= 4 is 23.4 Å². The van der Waals surface area contributed by atoms with Gasteiger partial charge in [0.25, 0.3) is 5.91 Å². The SMILES string of the molecule is N#Cc1ccccc1Nc1nc(N[C@@H]2CCCC[C@@H]2N)nnc1C(N)=O. The summed E-state index contributed by atoms with van der Waals surface area (Å²) in [4.78, 5) is 16.0. The van der Waals surface area contributed by atoms with E-state index >= 15 is 0 Å². The molecule has 2 aromatic rings. The van der Waals surface area contributed by atoms with E-state index in [9.17, 15) is 10.1 Å². The quantitative estimate of drug-likeness (QED) is 0.626. The maximum atomic E-state index is 11.7. The average molecular weight is 352 g/mol. The molecule has 1 aromatic heterocycles. The first-order valence-electron chi connectivity index (χ1n) is 8.41. The van der Waals surface area contributed by atoms with Crippen molar-refractivity contribution in [2.75, 3.05) is 10.6 Å². The molecule has 0 unspecified atom stereocenters. The van der Waals surface area contributed by atoms with Crippen LogP contribution in [0.5, 0.6) is 0 Å². The van der Waals surface area contributed by atoms with Gasteiger partial charge in [-0.15, -0.1) is 10.2 Å². The van der Waals surface area contributed by atoms with E-state index in [0.717, 1.165) is 25.7 Å². The molecule has 0 saturated heterocycles. The molecule has 1 heterocycles. The van der Waals surface area contributed by atoms with Crippen LogP contribution in [0.25, 0.3) is 0 Å². The van der Waals surface area contributed by atoms with Crippen LogP contribution in [0.2, 0.25) is 0 Å². The maximum Gasteiger partial charge on any atom is 0.273 e. The first-order chi connectivity index (χ1) is 12.6. The Balaban J connectivity index is 1.89. The number of nitrogens with one attached hydrogen (secondary N) is 2. The minimum atomic E-state index is -0.761. The lowest BCUT2D eigenvalue weighted by Crippen LogP contribution is -2.43. The van der Waals surface area contributed by atoms with Crippen molar-refractivity contribution in [2.45, 2.75) is 37.8 Å². The molecule has 9 nitrogen and oxygen atoms in total. The van der Waals surface area contributed by atoms with E-state index in [1.165, 1.54) is 0 Å². The molecule has 1 aliphatic carbocycles. The van der Waals surface area contributed by atoms with Gasteiger partial charge in [-0.25, -0.2) is 0 Å². The van der Waals surface area contributed by atoms with E-state index in [1.54, 1.807) is 24.3 Å². The van der Waals surface area contributed by atoms with Gasteiger partial charge in [0, 0.05) is 12.1 Å². The monoisotopic (exact) mass is 352 g/mol.